The van der Waals surface area contributed by atoms with Gasteiger partial charge >= 0.3 is 5.97 Å². The maximum atomic E-state index is 12.6. The Hall–Kier alpha value is -2.07. The maximum absolute atomic E-state index is 12.6. The molecule has 0 saturated heterocycles. The Labute approximate surface area is 255 Å². The summed E-state index contributed by atoms with van der Waals surface area (Å²) in [4.78, 5) is 12.6. The maximum Gasteiger partial charge on any atom is 0.305 e. The molecule has 1 spiro atoms. The lowest BCUT2D eigenvalue weighted by atomic mass is 9.46. The molecule has 232 valence electrons. The van der Waals surface area contributed by atoms with Crippen molar-refractivity contribution in [2.45, 2.75) is 141 Å². The number of unbranched alkanes of at least 4 members (excludes halogenated alkanes) is 8. The third-order valence-corrected chi connectivity index (χ3v) is 11.6. The van der Waals surface area contributed by atoms with Crippen molar-refractivity contribution in [3.05, 3.63) is 54.0 Å². The molecule has 42 heavy (non-hydrogen) atoms. The number of hydrogen-bond acceptors (Lipinski definition) is 4. The lowest BCUT2D eigenvalue weighted by molar-refractivity contribution is -0.154. The molecule has 4 heteroatoms. The van der Waals surface area contributed by atoms with Crippen LogP contribution in [0, 0.1) is 22.7 Å². The molecule has 6 atom stereocenters. The summed E-state index contributed by atoms with van der Waals surface area (Å²) in [6.45, 7) is 4.86. The molecule has 1 heterocycles. The Kier molecular flexibility index (Phi) is 10.6. The van der Waals surface area contributed by atoms with Crippen molar-refractivity contribution in [1.29, 1.82) is 0 Å². The number of esters is 1. The Morgan fingerprint density at radius 1 is 1.02 bits per heavy atom. The van der Waals surface area contributed by atoms with Crippen LogP contribution in [0.1, 0.15) is 147 Å². The van der Waals surface area contributed by atoms with E-state index in [1.165, 1.54) is 50.5 Å². The van der Waals surface area contributed by atoms with Gasteiger partial charge in [0.2, 0.25) is 0 Å². The molecule has 0 aliphatic heterocycles. The number of rotatable bonds is 16. The van der Waals surface area contributed by atoms with Gasteiger partial charge in [0.15, 0.2) is 0 Å². The van der Waals surface area contributed by atoms with Gasteiger partial charge in [-0.1, -0.05) is 76.3 Å². The molecule has 3 fully saturated rings. The first-order valence-electron chi connectivity index (χ1n) is 17.3. The van der Waals surface area contributed by atoms with Gasteiger partial charge in [0.25, 0.3) is 0 Å². The summed E-state index contributed by atoms with van der Waals surface area (Å²) >= 11 is 0. The van der Waals surface area contributed by atoms with Crippen LogP contribution in [0.25, 0.3) is 6.08 Å². The van der Waals surface area contributed by atoms with Crippen LogP contribution in [0.4, 0.5) is 0 Å². The minimum Gasteiger partial charge on any atom is -0.465 e. The summed E-state index contributed by atoms with van der Waals surface area (Å²) in [5, 5.41) is 11.8. The van der Waals surface area contributed by atoms with E-state index in [-0.39, 0.29) is 29.3 Å². The minimum atomic E-state index is -0.870. The van der Waals surface area contributed by atoms with Crippen LogP contribution >= 0.6 is 0 Å². The quantitative estimate of drug-likeness (QED) is 0.121. The van der Waals surface area contributed by atoms with Gasteiger partial charge in [-0.2, -0.15) is 0 Å². The lowest BCUT2D eigenvalue weighted by Crippen LogP contribution is -2.49. The number of ether oxygens (including phenoxy) is 1. The molecule has 2 bridgehead atoms. The van der Waals surface area contributed by atoms with Crippen LogP contribution < -0.4 is 0 Å². The van der Waals surface area contributed by atoms with E-state index in [1.54, 1.807) is 0 Å². The zero-order valence-electron chi connectivity index (χ0n) is 26.5. The molecular formula is C38H56O4. The zero-order chi connectivity index (χ0) is 29.5. The molecule has 4 aliphatic rings. The molecular weight excluding hydrogens is 520 g/mol. The topological polar surface area (TPSA) is 59.7 Å². The SMILES string of the molecule is CCCCC/C=C/C/C=C/CCCCCCCC(=O)OC[C@]1(O)C[C@@]23CC[C@H]4c5ccoc5C=C[C@]4(C)[C@H]2CC[C@H]1C3. The summed E-state index contributed by atoms with van der Waals surface area (Å²) in [5.41, 5.74) is 0.752. The van der Waals surface area contributed by atoms with Gasteiger partial charge in [0, 0.05) is 12.0 Å². The second-order valence-corrected chi connectivity index (χ2v) is 14.3. The van der Waals surface area contributed by atoms with E-state index in [2.05, 4.69) is 56.4 Å². The Morgan fingerprint density at radius 3 is 2.60 bits per heavy atom. The van der Waals surface area contributed by atoms with Crippen LogP contribution in [0.3, 0.4) is 0 Å². The molecule has 0 radical (unpaired) electrons. The van der Waals surface area contributed by atoms with Crippen molar-refractivity contribution in [1.82, 2.24) is 0 Å². The van der Waals surface area contributed by atoms with Crippen molar-refractivity contribution in [3.63, 3.8) is 0 Å². The van der Waals surface area contributed by atoms with Crippen molar-refractivity contribution < 1.29 is 19.1 Å². The van der Waals surface area contributed by atoms with E-state index in [0.29, 0.717) is 18.3 Å². The Balaban J connectivity index is 0.976. The number of allylic oxidation sites excluding steroid dienone is 5. The standard InChI is InChI=1S/C38H56O4/c1-3-4-5-6-7-8-9-10-11-12-13-14-15-16-17-18-35(39)42-29-38(40)28-37-25-21-32-31-23-26-41-33(31)22-24-36(32,2)34(37)20-19-30(38)27-37/h7-8,10-11,22-24,26,30,32,34,40H,3-6,9,12-21,25,27-29H2,1-2H3/b8-7+,11-10+/t30-,32-,34+,36-,37-,38+/m0/s1. The lowest BCUT2D eigenvalue weighted by Gasteiger charge is -2.58. The fourth-order valence-corrected chi connectivity index (χ4v) is 9.40. The van der Waals surface area contributed by atoms with Gasteiger partial charge in [0.1, 0.15) is 18.0 Å². The number of carbonyl (C=O) groups excluding carboxylic acids is 1. The van der Waals surface area contributed by atoms with E-state index in [9.17, 15) is 9.90 Å². The molecule has 3 saturated carbocycles. The van der Waals surface area contributed by atoms with E-state index in [4.69, 9.17) is 9.15 Å². The molecule has 1 aromatic rings. The van der Waals surface area contributed by atoms with Crippen molar-refractivity contribution in [3.8, 4) is 0 Å². The van der Waals surface area contributed by atoms with Gasteiger partial charge in [0.05, 0.1) is 6.26 Å². The number of hydrogen-bond donors (Lipinski definition) is 1. The minimum absolute atomic E-state index is 0.100. The normalized spacial score (nSPS) is 33.2. The predicted octanol–water partition coefficient (Wildman–Crippen LogP) is 10.1. The van der Waals surface area contributed by atoms with Gasteiger partial charge in [-0.15, -0.1) is 0 Å². The van der Waals surface area contributed by atoms with Gasteiger partial charge in [-0.05, 0) is 118 Å². The van der Waals surface area contributed by atoms with E-state index in [0.717, 1.165) is 70.0 Å². The zero-order valence-corrected chi connectivity index (χ0v) is 26.5. The molecule has 0 unspecified atom stereocenters. The molecule has 4 nitrogen and oxygen atoms in total. The van der Waals surface area contributed by atoms with Crippen LogP contribution in [-0.2, 0) is 9.53 Å². The number of furan rings is 1. The summed E-state index contributed by atoms with van der Waals surface area (Å²) in [7, 11) is 0. The third kappa shape index (κ3) is 6.85. The predicted molar refractivity (Wildman–Crippen MR) is 171 cm³/mol. The highest BCUT2D eigenvalue weighted by atomic mass is 16.5. The van der Waals surface area contributed by atoms with Crippen LogP contribution in [0.5, 0.6) is 0 Å². The average Bonchev–Trinajstić information content (AvgIpc) is 3.54. The summed E-state index contributed by atoms with van der Waals surface area (Å²) in [6.07, 6.45) is 35.3. The third-order valence-electron chi connectivity index (χ3n) is 11.6. The molecule has 5 rings (SSSR count). The monoisotopic (exact) mass is 576 g/mol. The van der Waals surface area contributed by atoms with Crippen molar-refractivity contribution in [2.24, 2.45) is 22.7 Å². The smallest absolute Gasteiger partial charge is 0.305 e. The van der Waals surface area contributed by atoms with Crippen molar-refractivity contribution >= 4 is 12.0 Å². The average molecular weight is 577 g/mol. The van der Waals surface area contributed by atoms with E-state index in [1.807, 2.05) is 6.26 Å². The van der Waals surface area contributed by atoms with Gasteiger partial charge in [-0.25, -0.2) is 0 Å². The van der Waals surface area contributed by atoms with Crippen LogP contribution in [0.15, 0.2) is 47.1 Å². The second kappa shape index (κ2) is 14.1. The Bertz CT molecular complexity index is 1110. The Morgan fingerprint density at radius 2 is 1.79 bits per heavy atom. The molecule has 0 amide bonds. The first-order valence-corrected chi connectivity index (χ1v) is 17.3. The number of fused-ring (bicyclic) bond motifs is 5. The molecule has 1 aromatic heterocycles. The highest BCUT2D eigenvalue weighted by molar-refractivity contribution is 5.69. The molecule has 1 N–H and O–H groups in total. The molecule has 4 aliphatic carbocycles. The largest absolute Gasteiger partial charge is 0.465 e. The summed E-state index contributed by atoms with van der Waals surface area (Å²) < 4.78 is 11.5. The van der Waals surface area contributed by atoms with Gasteiger partial charge < -0.3 is 14.3 Å². The fourth-order valence-electron chi connectivity index (χ4n) is 9.40. The van der Waals surface area contributed by atoms with E-state index < -0.39 is 5.60 Å². The number of aliphatic hydroxyl groups is 1. The summed E-state index contributed by atoms with van der Waals surface area (Å²) in [6, 6.07) is 2.17. The second-order valence-electron chi connectivity index (χ2n) is 14.3. The summed E-state index contributed by atoms with van der Waals surface area (Å²) in [5.74, 6) is 2.19. The van der Waals surface area contributed by atoms with Crippen LogP contribution in [-0.4, -0.2) is 23.3 Å². The first-order chi connectivity index (χ1) is 20.4. The highest BCUT2D eigenvalue weighted by Gasteiger charge is 2.65. The highest BCUT2D eigenvalue weighted by Crippen LogP contribution is 2.71. The first kappa shape index (κ1) is 31.4. The van der Waals surface area contributed by atoms with Crippen molar-refractivity contribution in [2.75, 3.05) is 6.61 Å². The van der Waals surface area contributed by atoms with Gasteiger partial charge in [-0.3, -0.25) is 4.79 Å². The van der Waals surface area contributed by atoms with E-state index >= 15 is 0 Å². The number of carbonyl (C=O) groups is 1. The fraction of sp³-hybridized carbons (Fsp3) is 0.711. The molecule has 0 aromatic carbocycles. The van der Waals surface area contributed by atoms with Crippen LogP contribution in [0.2, 0.25) is 0 Å².